The van der Waals surface area contributed by atoms with Gasteiger partial charge in [-0.05, 0) is 29.9 Å². The Bertz CT molecular complexity index is 354. The van der Waals surface area contributed by atoms with Gasteiger partial charge in [0.25, 0.3) is 0 Å². The highest BCUT2D eigenvalue weighted by atomic mass is 32.2. The zero-order valence-corrected chi connectivity index (χ0v) is 11.4. The van der Waals surface area contributed by atoms with E-state index in [1.54, 1.807) is 5.56 Å². The molecule has 0 bridgehead atoms. The minimum Gasteiger partial charge on any atom is -0.122 e. The highest BCUT2D eigenvalue weighted by Gasteiger charge is 2.32. The van der Waals surface area contributed by atoms with Crippen LogP contribution in [0, 0.1) is 0 Å². The van der Waals surface area contributed by atoms with Crippen molar-refractivity contribution in [1.82, 2.24) is 0 Å². The van der Waals surface area contributed by atoms with E-state index in [1.807, 2.05) is 0 Å². The standard InChI is InChI=1S/C15H22S/c1-4-5-8-12-11-15(2,3)13-9-6-7-10-14(13)16-12/h6-7,9-10,12H,4-5,8,11H2,1-3H3. The van der Waals surface area contributed by atoms with Crippen LogP contribution in [0.15, 0.2) is 29.2 Å². The summed E-state index contributed by atoms with van der Waals surface area (Å²) in [6.07, 6.45) is 5.39. The SMILES string of the molecule is CCCCC1CC(C)(C)c2ccccc2S1. The topological polar surface area (TPSA) is 0 Å². The molecule has 16 heavy (non-hydrogen) atoms. The summed E-state index contributed by atoms with van der Waals surface area (Å²) in [5.74, 6) is 0. The van der Waals surface area contributed by atoms with E-state index >= 15 is 0 Å². The summed E-state index contributed by atoms with van der Waals surface area (Å²) in [6.45, 7) is 7.07. The van der Waals surface area contributed by atoms with E-state index in [-0.39, 0.29) is 0 Å². The van der Waals surface area contributed by atoms with Crippen molar-refractivity contribution in [3.8, 4) is 0 Å². The van der Waals surface area contributed by atoms with Crippen molar-refractivity contribution < 1.29 is 0 Å². The minimum absolute atomic E-state index is 0.361. The second-order valence-corrected chi connectivity index (χ2v) is 6.81. The van der Waals surface area contributed by atoms with Gasteiger partial charge in [0.2, 0.25) is 0 Å². The molecular weight excluding hydrogens is 212 g/mol. The first-order valence-electron chi connectivity index (χ1n) is 6.39. The molecule has 0 radical (unpaired) electrons. The first kappa shape index (κ1) is 12.0. The number of fused-ring (bicyclic) bond motifs is 1. The van der Waals surface area contributed by atoms with Gasteiger partial charge in [0.1, 0.15) is 0 Å². The van der Waals surface area contributed by atoms with Crippen LogP contribution in [0.2, 0.25) is 0 Å². The average molecular weight is 234 g/mol. The smallest absolute Gasteiger partial charge is 0.0112 e. The first-order chi connectivity index (χ1) is 7.63. The van der Waals surface area contributed by atoms with Gasteiger partial charge in [-0.25, -0.2) is 0 Å². The van der Waals surface area contributed by atoms with Gasteiger partial charge >= 0.3 is 0 Å². The van der Waals surface area contributed by atoms with Crippen molar-refractivity contribution in [2.75, 3.05) is 0 Å². The van der Waals surface area contributed by atoms with Crippen molar-refractivity contribution in [3.05, 3.63) is 29.8 Å². The van der Waals surface area contributed by atoms with Crippen LogP contribution >= 0.6 is 11.8 Å². The lowest BCUT2D eigenvalue weighted by molar-refractivity contribution is 0.438. The van der Waals surface area contributed by atoms with E-state index in [1.165, 1.54) is 30.6 Å². The van der Waals surface area contributed by atoms with Crippen LogP contribution < -0.4 is 0 Å². The monoisotopic (exact) mass is 234 g/mol. The lowest BCUT2D eigenvalue weighted by Gasteiger charge is -2.37. The predicted molar refractivity (Wildman–Crippen MR) is 73.3 cm³/mol. The summed E-state index contributed by atoms with van der Waals surface area (Å²) in [5, 5.41) is 0.824. The van der Waals surface area contributed by atoms with E-state index in [9.17, 15) is 0 Å². The van der Waals surface area contributed by atoms with Gasteiger partial charge in [-0.1, -0.05) is 51.8 Å². The number of thioether (sulfide) groups is 1. The molecule has 0 aromatic heterocycles. The third-order valence-corrected chi connectivity index (χ3v) is 4.87. The van der Waals surface area contributed by atoms with Crippen LogP contribution in [0.25, 0.3) is 0 Å². The lowest BCUT2D eigenvalue weighted by atomic mass is 9.79. The fraction of sp³-hybridized carbons (Fsp3) is 0.600. The van der Waals surface area contributed by atoms with Crippen molar-refractivity contribution in [2.45, 2.75) is 62.0 Å². The van der Waals surface area contributed by atoms with Crippen molar-refractivity contribution >= 4 is 11.8 Å². The maximum Gasteiger partial charge on any atom is 0.0112 e. The van der Waals surface area contributed by atoms with Gasteiger partial charge in [-0.2, -0.15) is 0 Å². The molecule has 88 valence electrons. The fourth-order valence-corrected chi connectivity index (χ4v) is 4.39. The van der Waals surface area contributed by atoms with Crippen LogP contribution in [0.3, 0.4) is 0 Å². The molecule has 0 spiro atoms. The Kier molecular flexibility index (Phi) is 3.63. The van der Waals surface area contributed by atoms with Crippen molar-refractivity contribution in [3.63, 3.8) is 0 Å². The number of benzene rings is 1. The Morgan fingerprint density at radius 3 is 2.81 bits per heavy atom. The summed E-state index contributed by atoms with van der Waals surface area (Å²) in [5.41, 5.74) is 1.91. The number of unbranched alkanes of at least 4 members (excludes halogenated alkanes) is 1. The first-order valence-corrected chi connectivity index (χ1v) is 7.27. The summed E-state index contributed by atoms with van der Waals surface area (Å²) in [4.78, 5) is 1.51. The summed E-state index contributed by atoms with van der Waals surface area (Å²) in [6, 6.07) is 8.94. The highest BCUT2D eigenvalue weighted by Crippen LogP contribution is 2.46. The van der Waals surface area contributed by atoms with E-state index in [2.05, 4.69) is 56.8 Å². The second-order valence-electron chi connectivity index (χ2n) is 5.47. The largest absolute Gasteiger partial charge is 0.122 e. The normalized spacial score (nSPS) is 22.8. The maximum atomic E-state index is 2.39. The van der Waals surface area contributed by atoms with Crippen molar-refractivity contribution in [2.24, 2.45) is 0 Å². The molecule has 1 aliphatic rings. The quantitative estimate of drug-likeness (QED) is 0.707. The molecule has 2 rings (SSSR count). The summed E-state index contributed by atoms with van der Waals surface area (Å²) >= 11 is 2.10. The van der Waals surface area contributed by atoms with E-state index < -0.39 is 0 Å². The molecule has 1 heterocycles. The molecule has 0 saturated carbocycles. The van der Waals surface area contributed by atoms with Gasteiger partial charge in [0, 0.05) is 10.1 Å². The number of hydrogen-bond donors (Lipinski definition) is 0. The average Bonchev–Trinajstić information content (AvgIpc) is 2.25. The van der Waals surface area contributed by atoms with Crippen LogP contribution in [-0.4, -0.2) is 5.25 Å². The Hall–Kier alpha value is -0.430. The molecule has 0 N–H and O–H groups in total. The third-order valence-electron chi connectivity index (χ3n) is 3.53. The third kappa shape index (κ3) is 2.45. The van der Waals surface area contributed by atoms with Crippen LogP contribution in [0.4, 0.5) is 0 Å². The van der Waals surface area contributed by atoms with Crippen LogP contribution in [-0.2, 0) is 5.41 Å². The molecular formula is C15H22S. The van der Waals surface area contributed by atoms with E-state index in [0.717, 1.165) is 5.25 Å². The van der Waals surface area contributed by atoms with Gasteiger partial charge in [-0.15, -0.1) is 11.8 Å². The minimum atomic E-state index is 0.361. The maximum absolute atomic E-state index is 2.39. The van der Waals surface area contributed by atoms with Crippen LogP contribution in [0.1, 0.15) is 52.0 Å². The van der Waals surface area contributed by atoms with Gasteiger partial charge < -0.3 is 0 Å². The summed E-state index contributed by atoms with van der Waals surface area (Å²) < 4.78 is 0. The molecule has 0 fully saturated rings. The number of rotatable bonds is 3. The molecule has 1 aliphatic heterocycles. The fourth-order valence-electron chi connectivity index (χ4n) is 2.62. The second kappa shape index (κ2) is 4.83. The molecule has 0 nitrogen and oxygen atoms in total. The Balaban J connectivity index is 2.19. The molecule has 1 aromatic carbocycles. The van der Waals surface area contributed by atoms with Gasteiger partial charge in [-0.3, -0.25) is 0 Å². The van der Waals surface area contributed by atoms with E-state index in [4.69, 9.17) is 0 Å². The Labute approximate surface area is 104 Å². The Morgan fingerprint density at radius 1 is 1.31 bits per heavy atom. The highest BCUT2D eigenvalue weighted by molar-refractivity contribution is 8.00. The summed E-state index contributed by atoms with van der Waals surface area (Å²) in [7, 11) is 0. The molecule has 0 aliphatic carbocycles. The predicted octanol–water partition coefficient (Wildman–Crippen LogP) is 5.02. The lowest BCUT2D eigenvalue weighted by Crippen LogP contribution is -2.28. The molecule has 1 atom stereocenters. The molecule has 0 saturated heterocycles. The Morgan fingerprint density at radius 2 is 2.06 bits per heavy atom. The van der Waals surface area contributed by atoms with Crippen LogP contribution in [0.5, 0.6) is 0 Å². The number of hydrogen-bond acceptors (Lipinski definition) is 1. The zero-order valence-electron chi connectivity index (χ0n) is 10.6. The van der Waals surface area contributed by atoms with Crippen molar-refractivity contribution in [1.29, 1.82) is 0 Å². The van der Waals surface area contributed by atoms with Gasteiger partial charge in [0.15, 0.2) is 0 Å². The van der Waals surface area contributed by atoms with E-state index in [0.29, 0.717) is 5.41 Å². The zero-order chi connectivity index (χ0) is 11.6. The molecule has 1 aromatic rings. The molecule has 0 amide bonds. The van der Waals surface area contributed by atoms with Gasteiger partial charge in [0.05, 0.1) is 0 Å². The molecule has 1 heteroatoms. The molecule has 1 unspecified atom stereocenters.